The van der Waals surface area contributed by atoms with Gasteiger partial charge in [0.25, 0.3) is 0 Å². The lowest BCUT2D eigenvalue weighted by atomic mass is 9.68. The van der Waals surface area contributed by atoms with Gasteiger partial charge in [0.05, 0.1) is 5.69 Å². The van der Waals surface area contributed by atoms with Crippen LogP contribution in [0, 0.1) is 5.41 Å². The van der Waals surface area contributed by atoms with Crippen molar-refractivity contribution in [1.29, 1.82) is 0 Å². The van der Waals surface area contributed by atoms with E-state index < -0.39 is 0 Å². The Labute approximate surface area is 180 Å². The first-order chi connectivity index (χ1) is 13.9. The fraction of sp³-hybridized carbons (Fsp3) is 0.240. The van der Waals surface area contributed by atoms with Crippen LogP contribution >= 0.6 is 23.2 Å². The molecule has 1 N–H and O–H groups in total. The second kappa shape index (κ2) is 6.62. The number of hydrogen-bond donors (Lipinski definition) is 1. The Hall–Kier alpha value is -2.29. The monoisotopic (exact) mass is 421 g/mol. The van der Waals surface area contributed by atoms with Gasteiger partial charge >= 0.3 is 0 Å². The Bertz CT molecular complexity index is 1190. The van der Waals surface area contributed by atoms with Crippen LogP contribution in [0.3, 0.4) is 0 Å². The zero-order chi connectivity index (χ0) is 20.3. The topological polar surface area (TPSA) is 29.1 Å². The zero-order valence-electron chi connectivity index (χ0n) is 16.4. The molecule has 0 bridgehead atoms. The Balaban J connectivity index is 1.85. The summed E-state index contributed by atoms with van der Waals surface area (Å²) in [5.41, 5.74) is 4.63. The van der Waals surface area contributed by atoms with Crippen LogP contribution in [0.5, 0.6) is 0 Å². The quantitative estimate of drug-likeness (QED) is 0.444. The average molecular weight is 422 g/mol. The van der Waals surface area contributed by atoms with Crippen molar-refractivity contribution < 1.29 is 4.79 Å². The normalized spacial score (nSPS) is 20.3. The van der Waals surface area contributed by atoms with E-state index in [2.05, 4.69) is 43.4 Å². The second-order valence-electron chi connectivity index (χ2n) is 8.78. The van der Waals surface area contributed by atoms with Crippen LogP contribution < -0.4 is 5.32 Å². The number of anilines is 1. The van der Waals surface area contributed by atoms with Gasteiger partial charge < -0.3 is 5.32 Å². The molecule has 3 aromatic carbocycles. The van der Waals surface area contributed by atoms with Crippen molar-refractivity contribution in [2.75, 3.05) is 5.32 Å². The molecule has 146 valence electrons. The number of carbonyl (C=O) groups excluding carboxylic acids is 1. The van der Waals surface area contributed by atoms with Gasteiger partial charge in [0, 0.05) is 44.6 Å². The molecule has 1 unspecified atom stereocenters. The number of fused-ring (bicyclic) bond motifs is 3. The Morgan fingerprint density at radius 1 is 0.931 bits per heavy atom. The number of hydrogen-bond acceptors (Lipinski definition) is 2. The highest BCUT2D eigenvalue weighted by Crippen LogP contribution is 2.52. The smallest absolute Gasteiger partial charge is 0.162 e. The maximum Gasteiger partial charge on any atom is 0.162 e. The lowest BCUT2D eigenvalue weighted by molar-refractivity contribution is -0.118. The standard InChI is InChI=1S/C25H21Cl2NO/c1-25(2)12-19-23(20(29)13-25)21(22-17(26)8-5-9-18(22)27)16-11-10-14-6-3-4-7-15(14)24(16)28-19/h3-11,21,28H,12-13H2,1-2H3. The third kappa shape index (κ3) is 2.97. The van der Waals surface area contributed by atoms with E-state index >= 15 is 0 Å². The van der Waals surface area contributed by atoms with Gasteiger partial charge in [-0.25, -0.2) is 0 Å². The molecule has 0 saturated heterocycles. The number of ketones is 1. The lowest BCUT2D eigenvalue weighted by Crippen LogP contribution is -2.34. The van der Waals surface area contributed by atoms with E-state index in [4.69, 9.17) is 23.2 Å². The van der Waals surface area contributed by atoms with Crippen molar-refractivity contribution in [1.82, 2.24) is 0 Å². The summed E-state index contributed by atoms with van der Waals surface area (Å²) in [4.78, 5) is 13.3. The first-order valence-electron chi connectivity index (χ1n) is 9.84. The minimum atomic E-state index is -0.268. The number of rotatable bonds is 1. The molecule has 1 atom stereocenters. The summed E-state index contributed by atoms with van der Waals surface area (Å²) in [6, 6.07) is 18.1. The molecule has 0 fully saturated rings. The van der Waals surface area contributed by atoms with Crippen molar-refractivity contribution in [3.8, 4) is 0 Å². The van der Waals surface area contributed by atoms with Gasteiger partial charge in [0.15, 0.2) is 5.78 Å². The number of allylic oxidation sites excluding steroid dienone is 2. The average Bonchev–Trinajstić information content (AvgIpc) is 2.66. The number of benzene rings is 3. The van der Waals surface area contributed by atoms with Crippen molar-refractivity contribution in [3.63, 3.8) is 0 Å². The molecule has 2 aliphatic rings. The molecule has 2 nitrogen and oxygen atoms in total. The van der Waals surface area contributed by atoms with Gasteiger partial charge in [0.1, 0.15) is 0 Å². The summed E-state index contributed by atoms with van der Waals surface area (Å²) >= 11 is 13.3. The SMILES string of the molecule is CC1(C)CC(=O)C2=C(C1)Nc1c(ccc3ccccc13)C2c1c(Cl)cccc1Cl. The summed E-state index contributed by atoms with van der Waals surface area (Å²) in [7, 11) is 0. The first-order valence-corrected chi connectivity index (χ1v) is 10.6. The molecule has 29 heavy (non-hydrogen) atoms. The molecule has 0 amide bonds. The number of nitrogens with one attached hydrogen (secondary N) is 1. The molecule has 0 saturated carbocycles. The molecule has 1 aliphatic heterocycles. The molecular weight excluding hydrogens is 401 g/mol. The number of carbonyl (C=O) groups is 1. The molecule has 0 spiro atoms. The van der Waals surface area contributed by atoms with Crippen LogP contribution in [0.25, 0.3) is 10.8 Å². The third-order valence-electron chi connectivity index (χ3n) is 6.05. The summed E-state index contributed by atoms with van der Waals surface area (Å²) in [6.07, 6.45) is 1.34. The maximum absolute atomic E-state index is 13.3. The van der Waals surface area contributed by atoms with Crippen LogP contribution in [-0.2, 0) is 4.79 Å². The Morgan fingerprint density at radius 3 is 2.41 bits per heavy atom. The summed E-state index contributed by atoms with van der Waals surface area (Å²) in [6.45, 7) is 4.29. The van der Waals surface area contributed by atoms with E-state index in [-0.39, 0.29) is 17.1 Å². The van der Waals surface area contributed by atoms with Crippen molar-refractivity contribution in [2.45, 2.75) is 32.6 Å². The molecule has 4 heteroatoms. The van der Waals surface area contributed by atoms with Crippen molar-refractivity contribution in [3.05, 3.63) is 87.0 Å². The minimum Gasteiger partial charge on any atom is -0.358 e. The van der Waals surface area contributed by atoms with E-state index in [0.29, 0.717) is 16.5 Å². The molecule has 1 heterocycles. The predicted octanol–water partition coefficient (Wildman–Crippen LogP) is 7.35. The highest BCUT2D eigenvalue weighted by atomic mass is 35.5. The third-order valence-corrected chi connectivity index (χ3v) is 6.70. The minimum absolute atomic E-state index is 0.0835. The molecular formula is C25H21Cl2NO. The van der Waals surface area contributed by atoms with Gasteiger partial charge in [-0.3, -0.25) is 4.79 Å². The lowest BCUT2D eigenvalue weighted by Gasteiger charge is -2.40. The molecule has 3 aromatic rings. The van der Waals surface area contributed by atoms with Crippen LogP contribution in [0.15, 0.2) is 65.9 Å². The highest BCUT2D eigenvalue weighted by Gasteiger charge is 2.42. The van der Waals surface area contributed by atoms with E-state index in [9.17, 15) is 4.79 Å². The highest BCUT2D eigenvalue weighted by molar-refractivity contribution is 6.36. The van der Waals surface area contributed by atoms with Crippen LogP contribution in [0.2, 0.25) is 10.0 Å². The molecule has 5 rings (SSSR count). The number of Topliss-reactive ketones (excluding diaryl/α,β-unsaturated/α-hetero) is 1. The summed E-state index contributed by atoms with van der Waals surface area (Å²) < 4.78 is 0. The second-order valence-corrected chi connectivity index (χ2v) is 9.59. The number of halogens is 2. The maximum atomic E-state index is 13.3. The van der Waals surface area contributed by atoms with E-state index in [0.717, 1.165) is 45.3 Å². The fourth-order valence-electron chi connectivity index (χ4n) is 4.84. The van der Waals surface area contributed by atoms with Crippen molar-refractivity contribution >= 4 is 45.4 Å². The van der Waals surface area contributed by atoms with Gasteiger partial charge in [-0.15, -0.1) is 0 Å². The molecule has 1 aliphatic carbocycles. The fourth-order valence-corrected chi connectivity index (χ4v) is 5.46. The van der Waals surface area contributed by atoms with Crippen molar-refractivity contribution in [2.24, 2.45) is 5.41 Å². The van der Waals surface area contributed by atoms with Crippen LogP contribution in [0.4, 0.5) is 5.69 Å². The van der Waals surface area contributed by atoms with Gasteiger partial charge in [-0.05, 0) is 34.9 Å². The predicted molar refractivity (Wildman–Crippen MR) is 121 cm³/mol. The van der Waals surface area contributed by atoms with E-state index in [1.807, 2.05) is 30.3 Å². The first kappa shape index (κ1) is 18.7. The summed E-state index contributed by atoms with van der Waals surface area (Å²) in [5.74, 6) is -0.0980. The van der Waals surface area contributed by atoms with Crippen LogP contribution in [-0.4, -0.2) is 5.78 Å². The van der Waals surface area contributed by atoms with E-state index in [1.54, 1.807) is 0 Å². The largest absolute Gasteiger partial charge is 0.358 e. The Kier molecular flexibility index (Phi) is 4.27. The zero-order valence-corrected chi connectivity index (χ0v) is 17.9. The Morgan fingerprint density at radius 2 is 1.66 bits per heavy atom. The van der Waals surface area contributed by atoms with Gasteiger partial charge in [0.2, 0.25) is 0 Å². The van der Waals surface area contributed by atoms with E-state index in [1.165, 1.54) is 0 Å². The molecule has 0 aromatic heterocycles. The van der Waals surface area contributed by atoms with Gasteiger partial charge in [-0.1, -0.05) is 79.5 Å². The van der Waals surface area contributed by atoms with Crippen LogP contribution in [0.1, 0.15) is 43.7 Å². The van der Waals surface area contributed by atoms with Gasteiger partial charge in [-0.2, -0.15) is 0 Å². The molecule has 0 radical (unpaired) electrons. The summed E-state index contributed by atoms with van der Waals surface area (Å²) in [5, 5.41) is 7.12.